The average molecular weight is 637 g/mol. The molecule has 3 fully saturated rings. The number of esters is 1. The van der Waals surface area contributed by atoms with E-state index < -0.39 is 28.7 Å². The zero-order chi connectivity index (χ0) is 31.6. The summed E-state index contributed by atoms with van der Waals surface area (Å²) in [5.74, 6) is -2.40. The number of aryl methyl sites for hydroxylation is 1. The number of fused-ring (bicyclic) bond motifs is 1. The predicted octanol–water partition coefficient (Wildman–Crippen LogP) is 5.62. The van der Waals surface area contributed by atoms with Crippen molar-refractivity contribution in [3.63, 3.8) is 0 Å². The maximum absolute atomic E-state index is 15.1. The molecule has 3 heterocycles. The number of benzene rings is 2. The van der Waals surface area contributed by atoms with Crippen molar-refractivity contribution in [1.82, 2.24) is 4.90 Å². The van der Waals surface area contributed by atoms with Crippen LogP contribution in [0.25, 0.3) is 0 Å². The Morgan fingerprint density at radius 1 is 1.20 bits per heavy atom. The van der Waals surface area contributed by atoms with E-state index in [4.69, 9.17) is 16.3 Å². The predicted molar refractivity (Wildman–Crippen MR) is 176 cm³/mol. The number of likely N-dealkylation sites (tertiary alicyclic amines) is 1. The van der Waals surface area contributed by atoms with Crippen LogP contribution in [0.1, 0.15) is 37.3 Å². The Bertz CT molecular complexity index is 1400. The molecule has 7 atom stereocenters. The standard InChI is InChI=1S/C35H41ClN2O5S/c1-5-7-11-18-43-34(42)28-27-19-23(4)35(44-27)29(28)32(40)38(25(21-39)20-24-14-9-8-10-15-24)31(35)33(41)37(17-6-2)30-22(3)13-12-16-26(30)36/h5-6,8-10,12-16,23,25,27-29,31,39H,1-2,7,11,17-21H2,3-4H3/t23?,25-,27+,28-,29+,31?,35?/m1/s1. The third-order valence-corrected chi connectivity index (χ3v) is 11.8. The second-order valence-corrected chi connectivity index (χ2v) is 14.0. The fourth-order valence-corrected chi connectivity index (χ4v) is 10.3. The molecule has 2 aromatic rings. The van der Waals surface area contributed by atoms with E-state index in [1.807, 2.05) is 49.4 Å². The summed E-state index contributed by atoms with van der Waals surface area (Å²) in [7, 11) is 0. The van der Waals surface area contributed by atoms with Gasteiger partial charge in [0.25, 0.3) is 5.91 Å². The van der Waals surface area contributed by atoms with E-state index in [2.05, 4.69) is 20.1 Å². The van der Waals surface area contributed by atoms with E-state index >= 15 is 4.79 Å². The Hall–Kier alpha value is -3.07. The van der Waals surface area contributed by atoms with Crippen molar-refractivity contribution >= 4 is 46.8 Å². The molecule has 2 aromatic carbocycles. The summed E-state index contributed by atoms with van der Waals surface area (Å²) in [6, 6.07) is 13.5. The molecule has 3 aliphatic rings. The summed E-state index contributed by atoms with van der Waals surface area (Å²) >= 11 is 8.29. The normalized spacial score (nSPS) is 27.6. The van der Waals surface area contributed by atoms with E-state index in [-0.39, 0.29) is 48.7 Å². The Morgan fingerprint density at radius 2 is 1.95 bits per heavy atom. The molecule has 0 saturated carbocycles. The Morgan fingerprint density at radius 3 is 2.61 bits per heavy atom. The largest absolute Gasteiger partial charge is 0.465 e. The number of carbonyl (C=O) groups is 3. The molecule has 1 N–H and O–H groups in total. The summed E-state index contributed by atoms with van der Waals surface area (Å²) in [5.41, 5.74) is 2.32. The quantitative estimate of drug-likeness (QED) is 0.175. The molecule has 3 saturated heterocycles. The summed E-state index contributed by atoms with van der Waals surface area (Å²) in [6.07, 6.45) is 5.86. The molecule has 3 aliphatic heterocycles. The third-order valence-electron chi connectivity index (χ3n) is 9.44. The minimum atomic E-state index is -0.931. The molecule has 7 nitrogen and oxygen atoms in total. The number of hydrogen-bond acceptors (Lipinski definition) is 6. The summed E-state index contributed by atoms with van der Waals surface area (Å²) < 4.78 is 4.85. The lowest BCUT2D eigenvalue weighted by molar-refractivity contribution is -0.155. The van der Waals surface area contributed by atoms with Gasteiger partial charge in [-0.2, -0.15) is 0 Å². The van der Waals surface area contributed by atoms with Crippen molar-refractivity contribution < 1.29 is 24.2 Å². The van der Waals surface area contributed by atoms with Crippen molar-refractivity contribution in [3.05, 3.63) is 90.0 Å². The Kier molecular flexibility index (Phi) is 9.93. The van der Waals surface area contributed by atoms with E-state index in [9.17, 15) is 14.7 Å². The van der Waals surface area contributed by atoms with Gasteiger partial charge >= 0.3 is 5.97 Å². The highest BCUT2D eigenvalue weighted by Crippen LogP contribution is 2.69. The van der Waals surface area contributed by atoms with Gasteiger partial charge in [0.15, 0.2) is 0 Å². The maximum Gasteiger partial charge on any atom is 0.310 e. The first-order valence-corrected chi connectivity index (χ1v) is 16.6. The Labute approximate surface area is 269 Å². The first-order chi connectivity index (χ1) is 21.2. The van der Waals surface area contributed by atoms with Crippen LogP contribution < -0.4 is 4.90 Å². The number of thioether (sulfide) groups is 1. The van der Waals surface area contributed by atoms with Crippen molar-refractivity contribution in [2.24, 2.45) is 17.8 Å². The number of hydrogen-bond donors (Lipinski definition) is 1. The maximum atomic E-state index is 15.1. The van der Waals surface area contributed by atoms with Gasteiger partial charge in [-0.15, -0.1) is 24.9 Å². The number of aliphatic hydroxyl groups excluding tert-OH is 1. The molecule has 0 aliphatic carbocycles. The van der Waals surface area contributed by atoms with Crippen LogP contribution in [0.3, 0.4) is 0 Å². The lowest BCUT2D eigenvalue weighted by atomic mass is 9.66. The van der Waals surface area contributed by atoms with Gasteiger partial charge in [0.1, 0.15) is 6.04 Å². The number of unbranched alkanes of at least 4 members (excludes halogenated alkanes) is 1. The zero-order valence-electron chi connectivity index (χ0n) is 25.4. The number of rotatable bonds is 13. The lowest BCUT2D eigenvalue weighted by Gasteiger charge is -2.42. The Balaban J connectivity index is 1.61. The topological polar surface area (TPSA) is 87.2 Å². The third kappa shape index (κ3) is 5.50. The van der Waals surface area contributed by atoms with Gasteiger partial charge in [0, 0.05) is 11.8 Å². The first kappa shape index (κ1) is 32.3. The van der Waals surface area contributed by atoms with Crippen molar-refractivity contribution in [1.29, 1.82) is 0 Å². The first-order valence-electron chi connectivity index (χ1n) is 15.3. The van der Waals surface area contributed by atoms with Gasteiger partial charge in [-0.1, -0.05) is 73.1 Å². The van der Waals surface area contributed by atoms with Crippen LogP contribution in [0.5, 0.6) is 0 Å². The van der Waals surface area contributed by atoms with E-state index in [1.165, 1.54) is 0 Å². The molecule has 2 bridgehead atoms. The molecule has 2 amide bonds. The molecule has 3 unspecified atom stereocenters. The fourth-order valence-electron chi connectivity index (χ4n) is 7.57. The number of allylic oxidation sites excluding steroid dienone is 1. The molecule has 0 radical (unpaired) electrons. The van der Waals surface area contributed by atoms with Crippen LogP contribution >= 0.6 is 23.4 Å². The number of ether oxygens (including phenoxy) is 1. The molecular formula is C35H41ClN2O5S. The number of para-hydroxylation sites is 1. The minimum Gasteiger partial charge on any atom is -0.465 e. The molecule has 44 heavy (non-hydrogen) atoms. The summed E-state index contributed by atoms with van der Waals surface area (Å²) in [6.45, 7) is 11.7. The molecule has 1 spiro atoms. The van der Waals surface area contributed by atoms with Crippen molar-refractivity contribution in [2.45, 2.75) is 61.6 Å². The molecule has 0 aromatic heterocycles. The summed E-state index contributed by atoms with van der Waals surface area (Å²) in [4.78, 5) is 46.7. The van der Waals surface area contributed by atoms with Crippen LogP contribution in [0.4, 0.5) is 5.69 Å². The fraction of sp³-hybridized carbons (Fsp3) is 0.457. The highest BCUT2D eigenvalue weighted by atomic mass is 35.5. The SMILES string of the molecule is C=CCCCOC(=O)[C@@H]1[C@@H]2CC(C)C3(S2)C(C(=O)N(CC=C)c2c(C)cccc2Cl)N([C@@H](CO)Cc2ccccc2)C(=O)[C@H]13. The van der Waals surface area contributed by atoms with Crippen LogP contribution in [0, 0.1) is 24.7 Å². The number of amides is 2. The molecule has 9 heteroatoms. The van der Waals surface area contributed by atoms with E-state index in [0.717, 1.165) is 17.5 Å². The summed E-state index contributed by atoms with van der Waals surface area (Å²) in [5, 5.41) is 11.1. The van der Waals surface area contributed by atoms with Gasteiger partial charge in [-0.05, 0) is 55.7 Å². The zero-order valence-corrected chi connectivity index (χ0v) is 26.9. The van der Waals surface area contributed by atoms with Gasteiger partial charge in [-0.3, -0.25) is 14.4 Å². The number of carbonyl (C=O) groups excluding carboxylic acids is 3. The second kappa shape index (κ2) is 13.5. The monoisotopic (exact) mass is 636 g/mol. The van der Waals surface area contributed by atoms with Crippen molar-refractivity contribution in [3.8, 4) is 0 Å². The van der Waals surface area contributed by atoms with Crippen molar-refractivity contribution in [2.75, 3.05) is 24.7 Å². The van der Waals surface area contributed by atoms with Crippen LogP contribution in [0.2, 0.25) is 5.02 Å². The van der Waals surface area contributed by atoms with Gasteiger partial charge in [-0.25, -0.2) is 0 Å². The smallest absolute Gasteiger partial charge is 0.310 e. The lowest BCUT2D eigenvalue weighted by Crippen LogP contribution is -2.59. The van der Waals surface area contributed by atoms with Crippen LogP contribution in [0.15, 0.2) is 73.8 Å². The second-order valence-electron chi connectivity index (χ2n) is 12.1. The molecule has 234 valence electrons. The molecule has 5 rings (SSSR count). The van der Waals surface area contributed by atoms with E-state index in [1.54, 1.807) is 39.8 Å². The number of nitrogens with zero attached hydrogens (tertiary/aromatic N) is 2. The number of halogens is 1. The minimum absolute atomic E-state index is 0.0378. The average Bonchev–Trinajstić information content (AvgIpc) is 3.61. The highest BCUT2D eigenvalue weighted by Gasteiger charge is 2.77. The van der Waals surface area contributed by atoms with Gasteiger partial charge in [0.05, 0.1) is 46.5 Å². The van der Waals surface area contributed by atoms with Gasteiger partial charge in [0.2, 0.25) is 5.91 Å². The number of aliphatic hydroxyl groups is 1. The van der Waals surface area contributed by atoms with E-state index in [0.29, 0.717) is 30.0 Å². The van der Waals surface area contributed by atoms with Crippen LogP contribution in [-0.4, -0.2) is 69.6 Å². The molecular weight excluding hydrogens is 596 g/mol. The number of anilines is 1. The highest BCUT2D eigenvalue weighted by molar-refractivity contribution is 8.02. The van der Waals surface area contributed by atoms with Crippen LogP contribution in [-0.2, 0) is 25.5 Å². The van der Waals surface area contributed by atoms with Gasteiger partial charge < -0.3 is 19.6 Å².